The third kappa shape index (κ3) is 2.05. The van der Waals surface area contributed by atoms with Crippen LogP contribution in [0.3, 0.4) is 0 Å². The summed E-state index contributed by atoms with van der Waals surface area (Å²) in [5.41, 5.74) is 1.10. The molecule has 0 fully saturated rings. The van der Waals surface area contributed by atoms with Crippen molar-refractivity contribution < 1.29 is 13.2 Å². The zero-order valence-corrected chi connectivity index (χ0v) is 9.52. The molecule has 0 radical (unpaired) electrons. The van der Waals surface area contributed by atoms with Gasteiger partial charge in [0.25, 0.3) is 0 Å². The summed E-state index contributed by atoms with van der Waals surface area (Å²) >= 11 is 0. The van der Waals surface area contributed by atoms with Gasteiger partial charge in [0.2, 0.25) is 0 Å². The van der Waals surface area contributed by atoms with Crippen LogP contribution in [0.25, 0.3) is 11.1 Å². The van der Waals surface area contributed by atoms with E-state index in [4.69, 9.17) is 0 Å². The SMILES string of the molecule is Cc1cccc(-c2c(C)cc(F)cc2F)c1F. The van der Waals surface area contributed by atoms with Gasteiger partial charge in [-0.25, -0.2) is 13.2 Å². The van der Waals surface area contributed by atoms with Crippen LogP contribution in [-0.4, -0.2) is 0 Å². The first kappa shape index (κ1) is 11.7. The van der Waals surface area contributed by atoms with E-state index in [0.717, 1.165) is 6.07 Å². The van der Waals surface area contributed by atoms with Gasteiger partial charge in [0.05, 0.1) is 0 Å². The van der Waals surface area contributed by atoms with E-state index in [1.807, 2.05) is 0 Å². The summed E-state index contributed by atoms with van der Waals surface area (Å²) in [6.45, 7) is 3.17. The summed E-state index contributed by atoms with van der Waals surface area (Å²) < 4.78 is 40.6. The van der Waals surface area contributed by atoms with E-state index in [0.29, 0.717) is 11.1 Å². The lowest BCUT2D eigenvalue weighted by Crippen LogP contribution is -1.95. The molecule has 0 amide bonds. The lowest BCUT2D eigenvalue weighted by Gasteiger charge is -2.10. The Balaban J connectivity index is 2.73. The lowest BCUT2D eigenvalue weighted by atomic mass is 9.97. The molecule has 0 unspecified atom stereocenters. The third-order valence-corrected chi connectivity index (χ3v) is 2.71. The van der Waals surface area contributed by atoms with Crippen LogP contribution >= 0.6 is 0 Å². The Bertz CT molecular complexity index is 551. The van der Waals surface area contributed by atoms with Gasteiger partial charge in [0.1, 0.15) is 17.5 Å². The number of hydrogen-bond acceptors (Lipinski definition) is 0. The minimum Gasteiger partial charge on any atom is -0.207 e. The highest BCUT2D eigenvalue weighted by Crippen LogP contribution is 2.30. The van der Waals surface area contributed by atoms with Crippen LogP contribution in [0, 0.1) is 31.3 Å². The number of benzene rings is 2. The Labute approximate surface area is 97.7 Å². The van der Waals surface area contributed by atoms with Crippen LogP contribution in [0.5, 0.6) is 0 Å². The molecule has 0 bridgehead atoms. The van der Waals surface area contributed by atoms with Crippen LogP contribution in [0.15, 0.2) is 30.3 Å². The molecule has 3 heteroatoms. The molecular formula is C14H11F3. The van der Waals surface area contributed by atoms with Gasteiger partial charge in [-0.3, -0.25) is 0 Å². The molecule has 0 N–H and O–H groups in total. The number of hydrogen-bond donors (Lipinski definition) is 0. The minimum absolute atomic E-state index is 0.118. The van der Waals surface area contributed by atoms with Crippen molar-refractivity contribution in [2.75, 3.05) is 0 Å². The molecule has 0 saturated heterocycles. The number of rotatable bonds is 1. The van der Waals surface area contributed by atoms with E-state index in [2.05, 4.69) is 0 Å². The van der Waals surface area contributed by atoms with Crippen LogP contribution in [-0.2, 0) is 0 Å². The highest BCUT2D eigenvalue weighted by Gasteiger charge is 2.15. The van der Waals surface area contributed by atoms with Gasteiger partial charge in [-0.05, 0) is 31.0 Å². The molecule has 0 aliphatic rings. The van der Waals surface area contributed by atoms with E-state index in [-0.39, 0.29) is 11.1 Å². The van der Waals surface area contributed by atoms with Gasteiger partial charge in [-0.2, -0.15) is 0 Å². The van der Waals surface area contributed by atoms with Crippen LogP contribution in [0.4, 0.5) is 13.2 Å². The third-order valence-electron chi connectivity index (χ3n) is 2.71. The van der Waals surface area contributed by atoms with Crippen molar-refractivity contribution in [1.29, 1.82) is 0 Å². The van der Waals surface area contributed by atoms with Gasteiger partial charge in [-0.15, -0.1) is 0 Å². The fraction of sp³-hybridized carbons (Fsp3) is 0.143. The molecule has 88 valence electrons. The van der Waals surface area contributed by atoms with E-state index in [1.165, 1.54) is 12.1 Å². The molecule has 0 atom stereocenters. The fourth-order valence-corrected chi connectivity index (χ4v) is 1.88. The zero-order valence-electron chi connectivity index (χ0n) is 9.52. The molecule has 0 heterocycles. The zero-order chi connectivity index (χ0) is 12.6. The molecule has 2 rings (SSSR count). The van der Waals surface area contributed by atoms with Crippen molar-refractivity contribution in [3.8, 4) is 11.1 Å². The molecule has 2 aromatic carbocycles. The van der Waals surface area contributed by atoms with E-state index < -0.39 is 17.5 Å². The van der Waals surface area contributed by atoms with Crippen molar-refractivity contribution in [2.45, 2.75) is 13.8 Å². The number of aryl methyl sites for hydroxylation is 2. The Hall–Kier alpha value is -1.77. The molecule has 17 heavy (non-hydrogen) atoms. The summed E-state index contributed by atoms with van der Waals surface area (Å²) in [6, 6.07) is 6.71. The van der Waals surface area contributed by atoms with Gasteiger partial charge in [-0.1, -0.05) is 18.2 Å². The van der Waals surface area contributed by atoms with Crippen LogP contribution in [0.1, 0.15) is 11.1 Å². The minimum atomic E-state index is -0.744. The maximum Gasteiger partial charge on any atom is 0.134 e. The predicted octanol–water partition coefficient (Wildman–Crippen LogP) is 4.39. The van der Waals surface area contributed by atoms with Gasteiger partial charge < -0.3 is 0 Å². The largest absolute Gasteiger partial charge is 0.207 e. The van der Waals surface area contributed by atoms with Gasteiger partial charge in [0.15, 0.2) is 0 Å². The van der Waals surface area contributed by atoms with Crippen LogP contribution in [0.2, 0.25) is 0 Å². The van der Waals surface area contributed by atoms with Crippen molar-refractivity contribution in [3.63, 3.8) is 0 Å². The second-order valence-electron chi connectivity index (χ2n) is 4.02. The monoisotopic (exact) mass is 236 g/mol. The summed E-state index contributed by atoms with van der Waals surface area (Å²) in [4.78, 5) is 0. The first-order chi connectivity index (χ1) is 8.00. The quantitative estimate of drug-likeness (QED) is 0.689. The molecule has 0 nitrogen and oxygen atoms in total. The molecule has 2 aromatic rings. The van der Waals surface area contributed by atoms with Crippen molar-refractivity contribution in [3.05, 3.63) is 58.9 Å². The van der Waals surface area contributed by atoms with E-state index in [9.17, 15) is 13.2 Å². The normalized spacial score (nSPS) is 10.6. The molecule has 0 aliphatic heterocycles. The molecular weight excluding hydrogens is 225 g/mol. The predicted molar refractivity (Wildman–Crippen MR) is 61.2 cm³/mol. The summed E-state index contributed by atoms with van der Waals surface area (Å²) in [5.74, 6) is -1.87. The Morgan fingerprint density at radius 3 is 2.24 bits per heavy atom. The first-order valence-corrected chi connectivity index (χ1v) is 5.22. The van der Waals surface area contributed by atoms with Gasteiger partial charge >= 0.3 is 0 Å². The second kappa shape index (κ2) is 4.24. The fourth-order valence-electron chi connectivity index (χ4n) is 1.88. The maximum absolute atomic E-state index is 13.9. The number of halogens is 3. The Morgan fingerprint density at radius 1 is 0.882 bits per heavy atom. The first-order valence-electron chi connectivity index (χ1n) is 5.22. The van der Waals surface area contributed by atoms with Crippen molar-refractivity contribution >= 4 is 0 Å². The van der Waals surface area contributed by atoms with E-state index in [1.54, 1.807) is 26.0 Å². The second-order valence-corrected chi connectivity index (χ2v) is 4.02. The van der Waals surface area contributed by atoms with Crippen LogP contribution < -0.4 is 0 Å². The van der Waals surface area contributed by atoms with E-state index >= 15 is 0 Å². The summed E-state index contributed by atoms with van der Waals surface area (Å²) in [5, 5.41) is 0. The topological polar surface area (TPSA) is 0 Å². The average molecular weight is 236 g/mol. The molecule has 0 aliphatic carbocycles. The molecule has 0 spiro atoms. The van der Waals surface area contributed by atoms with Crippen molar-refractivity contribution in [2.24, 2.45) is 0 Å². The highest BCUT2D eigenvalue weighted by atomic mass is 19.1. The smallest absolute Gasteiger partial charge is 0.134 e. The standard InChI is InChI=1S/C14H11F3/c1-8-4-3-5-11(14(8)17)13-9(2)6-10(15)7-12(13)16/h3-7H,1-2H3. The molecule has 0 saturated carbocycles. The Morgan fingerprint density at radius 2 is 1.59 bits per heavy atom. The molecule has 0 aromatic heterocycles. The van der Waals surface area contributed by atoms with Gasteiger partial charge in [0, 0.05) is 17.2 Å². The maximum atomic E-state index is 13.9. The summed E-state index contributed by atoms with van der Waals surface area (Å²) in [7, 11) is 0. The summed E-state index contributed by atoms with van der Waals surface area (Å²) in [6.07, 6.45) is 0. The highest BCUT2D eigenvalue weighted by molar-refractivity contribution is 5.69. The average Bonchev–Trinajstić information content (AvgIpc) is 2.23. The van der Waals surface area contributed by atoms with Crippen molar-refractivity contribution in [1.82, 2.24) is 0 Å². The Kier molecular flexibility index (Phi) is 2.92. The lowest BCUT2D eigenvalue weighted by molar-refractivity contribution is 0.580.